The first-order valence-corrected chi connectivity index (χ1v) is 9.35. The molecule has 0 bridgehead atoms. The first-order valence-electron chi connectivity index (χ1n) is 8.56. The van der Waals surface area contributed by atoms with Gasteiger partial charge in [-0.25, -0.2) is 4.39 Å². The summed E-state index contributed by atoms with van der Waals surface area (Å²) in [4.78, 5) is 14.4. The van der Waals surface area contributed by atoms with Gasteiger partial charge in [0, 0.05) is 4.47 Å². The summed E-state index contributed by atoms with van der Waals surface area (Å²) in [5.74, 6) is -0.610. The van der Waals surface area contributed by atoms with Crippen LogP contribution in [0.15, 0.2) is 40.9 Å². The third kappa shape index (κ3) is 4.35. The molecule has 7 heteroatoms. The Labute approximate surface area is 166 Å². The van der Waals surface area contributed by atoms with Crippen LogP contribution >= 0.6 is 15.9 Å². The van der Waals surface area contributed by atoms with Crippen LogP contribution in [-0.4, -0.2) is 25.2 Å². The predicted octanol–water partition coefficient (Wildman–Crippen LogP) is 4.87. The molecule has 0 saturated heterocycles. The van der Waals surface area contributed by atoms with E-state index in [1.807, 2.05) is 43.9 Å². The number of carbonyl (C=O) groups excluding carboxylic acids is 1. The molecule has 27 heavy (non-hydrogen) atoms. The minimum absolute atomic E-state index is 0.0588. The molecule has 0 aromatic heterocycles. The Hall–Kier alpha value is -2.28. The fraction of sp³-hybridized carbons (Fsp3) is 0.350. The Kier molecular flexibility index (Phi) is 5.33. The zero-order valence-corrected chi connectivity index (χ0v) is 17.3. The molecule has 2 aromatic carbocycles. The monoisotopic (exact) mass is 436 g/mol. The molecule has 0 aliphatic carbocycles. The molecular weight excluding hydrogens is 415 g/mol. The summed E-state index contributed by atoms with van der Waals surface area (Å²) in [6.07, 6.45) is -0.351. The number of hydrogen-bond donors (Lipinski definition) is 1. The number of hydrogen-bond acceptors (Lipinski definition) is 5. The van der Waals surface area contributed by atoms with Crippen molar-refractivity contribution in [1.82, 2.24) is 0 Å². The lowest BCUT2D eigenvalue weighted by molar-refractivity contribution is -0.153. The fourth-order valence-electron chi connectivity index (χ4n) is 3.04. The van der Waals surface area contributed by atoms with Crippen LogP contribution in [0, 0.1) is 5.82 Å². The zero-order chi connectivity index (χ0) is 19.8. The summed E-state index contributed by atoms with van der Waals surface area (Å²) in [6, 6.07) is 10.5. The molecule has 144 valence electrons. The van der Waals surface area contributed by atoms with Gasteiger partial charge in [-0.2, -0.15) is 0 Å². The van der Waals surface area contributed by atoms with Crippen molar-refractivity contribution in [2.75, 3.05) is 23.9 Å². The minimum atomic E-state index is -0.568. The average Bonchev–Trinajstić information content (AvgIpc) is 2.91. The molecule has 1 aliphatic rings. The van der Waals surface area contributed by atoms with Crippen LogP contribution in [0.1, 0.15) is 32.5 Å². The van der Waals surface area contributed by atoms with E-state index in [9.17, 15) is 9.18 Å². The van der Waals surface area contributed by atoms with Gasteiger partial charge < -0.3 is 19.7 Å². The van der Waals surface area contributed by atoms with Crippen LogP contribution in [0.5, 0.6) is 5.75 Å². The van der Waals surface area contributed by atoms with Gasteiger partial charge in [0.1, 0.15) is 18.3 Å². The number of rotatable bonds is 4. The molecule has 5 nitrogen and oxygen atoms in total. The highest BCUT2D eigenvalue weighted by Gasteiger charge is 2.33. The highest BCUT2D eigenvalue weighted by atomic mass is 79.9. The number of fused-ring (bicyclic) bond motifs is 1. The summed E-state index contributed by atoms with van der Waals surface area (Å²) in [6.45, 7) is 5.56. The Morgan fingerprint density at radius 2 is 2.00 bits per heavy atom. The first-order chi connectivity index (χ1) is 12.7. The van der Waals surface area contributed by atoms with E-state index in [2.05, 4.69) is 21.2 Å². The fourth-order valence-corrected chi connectivity index (χ4v) is 3.40. The Bertz CT molecular complexity index is 867. The van der Waals surface area contributed by atoms with E-state index in [0.717, 1.165) is 21.4 Å². The van der Waals surface area contributed by atoms with Crippen LogP contribution in [0.4, 0.5) is 15.8 Å². The SMILES string of the molecule is COc1cc(C2Nc3cc(Br)ccc3N2CC(=O)OC(C)(C)C)ccc1F. The van der Waals surface area contributed by atoms with E-state index in [4.69, 9.17) is 9.47 Å². The quantitative estimate of drug-likeness (QED) is 0.692. The Morgan fingerprint density at radius 1 is 1.26 bits per heavy atom. The van der Waals surface area contributed by atoms with Crippen molar-refractivity contribution in [3.05, 3.63) is 52.3 Å². The van der Waals surface area contributed by atoms with Crippen LogP contribution < -0.4 is 15.0 Å². The molecule has 3 rings (SSSR count). The van der Waals surface area contributed by atoms with Gasteiger partial charge in [-0.1, -0.05) is 22.0 Å². The van der Waals surface area contributed by atoms with E-state index >= 15 is 0 Å². The molecule has 0 radical (unpaired) electrons. The summed E-state index contributed by atoms with van der Waals surface area (Å²) < 4.78 is 25.3. The number of nitrogens with one attached hydrogen (secondary N) is 1. The second kappa shape index (κ2) is 7.38. The highest BCUT2D eigenvalue weighted by molar-refractivity contribution is 9.10. The van der Waals surface area contributed by atoms with Crippen LogP contribution in [-0.2, 0) is 9.53 Å². The van der Waals surface area contributed by atoms with Gasteiger partial charge in [-0.15, -0.1) is 0 Å². The molecule has 1 N–H and O–H groups in total. The molecule has 1 heterocycles. The second-order valence-corrected chi connectivity index (χ2v) is 8.23. The van der Waals surface area contributed by atoms with Crippen molar-refractivity contribution in [3.63, 3.8) is 0 Å². The molecule has 1 aliphatic heterocycles. The predicted molar refractivity (Wildman–Crippen MR) is 107 cm³/mol. The number of methoxy groups -OCH3 is 1. The van der Waals surface area contributed by atoms with Crippen molar-refractivity contribution < 1.29 is 18.7 Å². The van der Waals surface area contributed by atoms with Crippen LogP contribution in [0.25, 0.3) is 0 Å². The van der Waals surface area contributed by atoms with Crippen molar-refractivity contribution >= 4 is 33.3 Å². The van der Waals surface area contributed by atoms with Gasteiger partial charge in [0.05, 0.1) is 18.5 Å². The summed E-state index contributed by atoms with van der Waals surface area (Å²) >= 11 is 3.46. The van der Waals surface area contributed by atoms with E-state index in [-0.39, 0.29) is 24.4 Å². The number of carbonyl (C=O) groups is 1. The molecule has 0 spiro atoms. The van der Waals surface area contributed by atoms with Crippen molar-refractivity contribution in [2.24, 2.45) is 0 Å². The van der Waals surface area contributed by atoms with E-state index in [1.165, 1.54) is 13.2 Å². The molecule has 0 fully saturated rings. The van der Waals surface area contributed by atoms with E-state index in [1.54, 1.807) is 12.1 Å². The van der Waals surface area contributed by atoms with Gasteiger partial charge >= 0.3 is 5.97 Å². The first kappa shape index (κ1) is 19.5. The van der Waals surface area contributed by atoms with Gasteiger partial charge in [-0.3, -0.25) is 4.79 Å². The summed E-state index contributed by atoms with van der Waals surface area (Å²) in [5.41, 5.74) is 1.96. The summed E-state index contributed by atoms with van der Waals surface area (Å²) in [5, 5.41) is 3.39. The topological polar surface area (TPSA) is 50.8 Å². The maximum atomic E-state index is 13.8. The van der Waals surface area contributed by atoms with Gasteiger partial charge in [0.25, 0.3) is 0 Å². The lowest BCUT2D eigenvalue weighted by Crippen LogP contribution is -2.36. The Morgan fingerprint density at radius 3 is 2.67 bits per heavy atom. The molecule has 0 amide bonds. The maximum Gasteiger partial charge on any atom is 0.326 e. The minimum Gasteiger partial charge on any atom is -0.494 e. The maximum absolute atomic E-state index is 13.8. The number of ether oxygens (including phenoxy) is 2. The normalized spacial score (nSPS) is 15.9. The number of nitrogens with zero attached hydrogens (tertiary/aromatic N) is 1. The van der Waals surface area contributed by atoms with Crippen molar-refractivity contribution in [1.29, 1.82) is 0 Å². The third-order valence-electron chi connectivity index (χ3n) is 4.08. The Balaban J connectivity index is 1.95. The van der Waals surface area contributed by atoms with Crippen LogP contribution in [0.2, 0.25) is 0 Å². The lowest BCUT2D eigenvalue weighted by atomic mass is 10.1. The zero-order valence-electron chi connectivity index (χ0n) is 15.7. The number of anilines is 2. The number of benzene rings is 2. The number of esters is 1. The molecule has 1 unspecified atom stereocenters. The van der Waals surface area contributed by atoms with Crippen molar-refractivity contribution in [3.8, 4) is 5.75 Å². The van der Waals surface area contributed by atoms with E-state index in [0.29, 0.717) is 0 Å². The summed E-state index contributed by atoms with van der Waals surface area (Å²) in [7, 11) is 1.43. The third-order valence-corrected chi connectivity index (χ3v) is 4.58. The van der Waals surface area contributed by atoms with E-state index < -0.39 is 11.4 Å². The highest BCUT2D eigenvalue weighted by Crippen LogP contribution is 2.43. The number of halogens is 2. The van der Waals surface area contributed by atoms with Gasteiger partial charge in [-0.05, 0) is 56.7 Å². The van der Waals surface area contributed by atoms with Crippen molar-refractivity contribution in [2.45, 2.75) is 32.5 Å². The molecule has 1 atom stereocenters. The van der Waals surface area contributed by atoms with Gasteiger partial charge in [0.2, 0.25) is 0 Å². The van der Waals surface area contributed by atoms with Gasteiger partial charge in [0.15, 0.2) is 11.6 Å². The lowest BCUT2D eigenvalue weighted by Gasteiger charge is -2.28. The second-order valence-electron chi connectivity index (χ2n) is 7.32. The molecular formula is C20H22BrFN2O3. The standard InChI is InChI=1S/C20H22BrFN2O3/c1-20(2,3)27-18(25)11-24-16-8-6-13(21)10-15(16)23-19(24)12-5-7-14(22)17(9-12)26-4/h5-10,19,23H,11H2,1-4H3. The smallest absolute Gasteiger partial charge is 0.326 e. The largest absolute Gasteiger partial charge is 0.494 e. The average molecular weight is 437 g/mol. The molecule has 2 aromatic rings. The molecule has 0 saturated carbocycles. The van der Waals surface area contributed by atoms with Crippen LogP contribution in [0.3, 0.4) is 0 Å².